The monoisotopic (exact) mass is 454 g/mol. The normalized spacial score (nSPS) is 21.9. The molecule has 0 spiro atoms. The number of amidine groups is 1. The highest BCUT2D eigenvalue weighted by Gasteiger charge is 2.51. The molecule has 2 aliphatic rings. The number of nitrogens with zero attached hydrogens (tertiary/aromatic N) is 1. The van der Waals surface area contributed by atoms with Crippen LogP contribution in [-0.2, 0) is 6.42 Å². The van der Waals surface area contributed by atoms with Crippen molar-refractivity contribution in [3.63, 3.8) is 0 Å². The number of hydrogen-bond acceptors (Lipinski definition) is 5. The summed E-state index contributed by atoms with van der Waals surface area (Å²) in [5, 5.41) is 4.36. The number of hydrogen-bond donors (Lipinski definition) is 3. The second-order valence-corrected chi connectivity index (χ2v) is 9.22. The molecule has 30 heavy (non-hydrogen) atoms. The second-order valence-electron chi connectivity index (χ2n) is 8.47. The Kier molecular flexibility index (Phi) is 7.88. The minimum absolute atomic E-state index is 0.189. The Bertz CT molecular complexity index is 809. The van der Waals surface area contributed by atoms with Crippen LogP contribution in [0.15, 0.2) is 11.2 Å². The number of carbonyl (C=O) groups excluding carboxylic acids is 1. The molecule has 6 nitrogen and oxygen atoms in total. The lowest BCUT2D eigenvalue weighted by Crippen LogP contribution is -2.35. The number of hydrazone groups is 1. The third-order valence-corrected chi connectivity index (χ3v) is 7.45. The third kappa shape index (κ3) is 4.56. The fourth-order valence-electron chi connectivity index (χ4n) is 5.09. The first-order valence-corrected chi connectivity index (χ1v) is 11.7. The largest absolute Gasteiger partial charge is 0.492 e. The lowest BCUT2D eigenvalue weighted by atomic mass is 9.68. The Balaban J connectivity index is 1.81. The van der Waals surface area contributed by atoms with E-state index in [4.69, 9.17) is 39.5 Å². The Labute approximate surface area is 188 Å². The molecule has 1 unspecified atom stereocenters. The Morgan fingerprint density at radius 1 is 1.30 bits per heavy atom. The van der Waals surface area contributed by atoms with Gasteiger partial charge in [-0.25, -0.2) is 11.4 Å². The third-order valence-electron chi connectivity index (χ3n) is 6.60. The first-order valence-electron chi connectivity index (χ1n) is 10.9. The zero-order valence-corrected chi connectivity index (χ0v) is 19.1. The number of unbranched alkanes of at least 4 members (excludes halogenated alkanes) is 1. The minimum atomic E-state index is -0.333. The van der Waals surface area contributed by atoms with Crippen molar-refractivity contribution >= 4 is 34.8 Å². The summed E-state index contributed by atoms with van der Waals surface area (Å²) in [6, 6.07) is 1.92. The molecule has 8 heteroatoms. The summed E-state index contributed by atoms with van der Waals surface area (Å²) in [5.74, 6) is 6.67. The molecule has 1 atom stereocenters. The van der Waals surface area contributed by atoms with Crippen LogP contribution in [0, 0.1) is 11.3 Å². The number of fused-ring (bicyclic) bond motifs is 1. The van der Waals surface area contributed by atoms with E-state index in [0.717, 1.165) is 44.1 Å². The maximum atomic E-state index is 13.7. The van der Waals surface area contributed by atoms with Crippen molar-refractivity contribution in [1.82, 2.24) is 5.53 Å². The molecule has 0 heterocycles. The number of ketones is 1. The summed E-state index contributed by atoms with van der Waals surface area (Å²) in [4.78, 5) is 13.7. The summed E-state index contributed by atoms with van der Waals surface area (Å²) >= 11 is 13.1. The van der Waals surface area contributed by atoms with Gasteiger partial charge in [-0.15, -0.1) is 0 Å². The maximum absolute atomic E-state index is 13.7. The van der Waals surface area contributed by atoms with Crippen LogP contribution in [0.5, 0.6) is 5.75 Å². The van der Waals surface area contributed by atoms with Crippen molar-refractivity contribution in [3.05, 3.63) is 27.2 Å². The first-order chi connectivity index (χ1) is 14.4. The average molecular weight is 455 g/mol. The van der Waals surface area contributed by atoms with Crippen LogP contribution in [0.3, 0.4) is 0 Å². The predicted molar refractivity (Wildman–Crippen MR) is 122 cm³/mol. The molecule has 3 rings (SSSR count). The van der Waals surface area contributed by atoms with E-state index < -0.39 is 0 Å². The number of ether oxygens (including phenoxy) is 1. The predicted octanol–water partition coefficient (Wildman–Crippen LogP) is 4.99. The van der Waals surface area contributed by atoms with Crippen LogP contribution < -0.4 is 21.8 Å². The number of rotatable bonds is 10. The van der Waals surface area contributed by atoms with Gasteiger partial charge in [-0.3, -0.25) is 4.79 Å². The van der Waals surface area contributed by atoms with Gasteiger partial charge in [0.15, 0.2) is 5.78 Å². The Morgan fingerprint density at radius 2 is 2.03 bits per heavy atom. The molecular weight excluding hydrogens is 423 g/mol. The van der Waals surface area contributed by atoms with Crippen molar-refractivity contribution in [2.75, 3.05) is 6.61 Å². The van der Waals surface area contributed by atoms with E-state index in [9.17, 15) is 4.79 Å². The van der Waals surface area contributed by atoms with E-state index in [2.05, 4.69) is 17.6 Å². The summed E-state index contributed by atoms with van der Waals surface area (Å²) < 4.78 is 5.89. The standard InChI is InChI=1S/C22H32Cl2N4O2/c1-2-3-10-22(15-7-4-5-8-15)13-14-12-16(19(23)20(24)18(14)21(22)29)30-11-6-9-17(25)27-28-26/h12,15,28H,2-11,13,26H2,1H3,(H2,25,27). The molecule has 2 aliphatic carbocycles. The van der Waals surface area contributed by atoms with Gasteiger partial charge in [-0.2, -0.15) is 5.10 Å². The van der Waals surface area contributed by atoms with Gasteiger partial charge >= 0.3 is 0 Å². The SMILES string of the molecule is CCCCC1(C2CCCC2)Cc2cc(OCCC/C(N)=N/NN)c(Cl)c(Cl)c2C1=O. The lowest BCUT2D eigenvalue weighted by Gasteiger charge is -2.34. The highest BCUT2D eigenvalue weighted by atomic mass is 35.5. The molecule has 0 saturated heterocycles. The summed E-state index contributed by atoms with van der Waals surface area (Å²) in [6.45, 7) is 2.58. The van der Waals surface area contributed by atoms with E-state index in [-0.39, 0.29) is 11.2 Å². The van der Waals surface area contributed by atoms with Gasteiger partial charge in [-0.1, -0.05) is 55.8 Å². The number of benzene rings is 1. The molecule has 5 N–H and O–H groups in total. The number of nitrogens with two attached hydrogens (primary N) is 2. The molecule has 0 radical (unpaired) electrons. The molecule has 1 aromatic carbocycles. The number of hydrazine groups is 1. The number of halogens is 2. The number of nitrogens with one attached hydrogen (secondary N) is 1. The van der Waals surface area contributed by atoms with Crippen LogP contribution >= 0.6 is 23.2 Å². The van der Waals surface area contributed by atoms with Crippen LogP contribution in [0.25, 0.3) is 0 Å². The summed E-state index contributed by atoms with van der Waals surface area (Å²) in [5.41, 5.74) is 9.13. The molecule has 1 aromatic rings. The fourth-order valence-corrected chi connectivity index (χ4v) is 5.60. The highest BCUT2D eigenvalue weighted by Crippen LogP contribution is 2.54. The Hall–Kier alpha value is -1.50. The van der Waals surface area contributed by atoms with E-state index in [1.807, 2.05) is 6.07 Å². The van der Waals surface area contributed by atoms with Gasteiger partial charge in [0, 0.05) is 17.4 Å². The second kappa shape index (κ2) is 10.2. The lowest BCUT2D eigenvalue weighted by molar-refractivity contribution is 0.0671. The molecule has 1 saturated carbocycles. The Morgan fingerprint density at radius 3 is 2.70 bits per heavy atom. The van der Waals surface area contributed by atoms with Gasteiger partial charge in [0.05, 0.1) is 11.6 Å². The summed E-state index contributed by atoms with van der Waals surface area (Å²) in [6.07, 6.45) is 9.63. The zero-order chi connectivity index (χ0) is 21.7. The fraction of sp³-hybridized carbons (Fsp3) is 0.636. The zero-order valence-electron chi connectivity index (χ0n) is 17.6. The molecule has 0 bridgehead atoms. The van der Waals surface area contributed by atoms with E-state index >= 15 is 0 Å². The topological polar surface area (TPSA) is 103 Å². The molecule has 0 amide bonds. The van der Waals surface area contributed by atoms with Crippen molar-refractivity contribution in [3.8, 4) is 5.75 Å². The highest BCUT2D eigenvalue weighted by molar-refractivity contribution is 6.45. The molecule has 166 valence electrons. The van der Waals surface area contributed by atoms with Crippen molar-refractivity contribution < 1.29 is 9.53 Å². The minimum Gasteiger partial charge on any atom is -0.492 e. The average Bonchev–Trinajstić information content (AvgIpc) is 3.35. The van der Waals surface area contributed by atoms with Crippen LogP contribution in [0.1, 0.15) is 80.6 Å². The van der Waals surface area contributed by atoms with Gasteiger partial charge in [-0.05, 0) is 49.7 Å². The van der Waals surface area contributed by atoms with Gasteiger partial charge < -0.3 is 10.5 Å². The first kappa shape index (κ1) is 23.2. The van der Waals surface area contributed by atoms with Crippen molar-refractivity contribution in [2.24, 2.45) is 28.0 Å². The molecular formula is C22H32Cl2N4O2. The van der Waals surface area contributed by atoms with Crippen LogP contribution in [0.2, 0.25) is 10.0 Å². The van der Waals surface area contributed by atoms with Crippen molar-refractivity contribution in [2.45, 2.75) is 71.1 Å². The number of Topliss-reactive ketones (excluding diaryl/α,β-unsaturated/α-hetero) is 1. The van der Waals surface area contributed by atoms with Gasteiger partial charge in [0.2, 0.25) is 0 Å². The molecule has 0 aliphatic heterocycles. The smallest absolute Gasteiger partial charge is 0.171 e. The van der Waals surface area contributed by atoms with Crippen LogP contribution in [-0.4, -0.2) is 18.2 Å². The summed E-state index contributed by atoms with van der Waals surface area (Å²) in [7, 11) is 0. The molecule has 1 fully saturated rings. The van der Waals surface area contributed by atoms with Crippen molar-refractivity contribution in [1.29, 1.82) is 0 Å². The van der Waals surface area contributed by atoms with E-state index in [0.29, 0.717) is 52.6 Å². The van der Waals surface area contributed by atoms with Gasteiger partial charge in [0.1, 0.15) is 16.6 Å². The number of carbonyl (C=O) groups is 1. The quantitative estimate of drug-likeness (QED) is 0.152. The van der Waals surface area contributed by atoms with Crippen LogP contribution in [0.4, 0.5) is 0 Å². The van der Waals surface area contributed by atoms with E-state index in [1.54, 1.807) is 0 Å². The van der Waals surface area contributed by atoms with Gasteiger partial charge in [0.25, 0.3) is 0 Å². The molecule has 0 aromatic heterocycles. The van der Waals surface area contributed by atoms with E-state index in [1.165, 1.54) is 12.8 Å². The maximum Gasteiger partial charge on any atom is 0.171 e.